The average Bonchev–Trinajstić information content (AvgIpc) is 2.74. The monoisotopic (exact) mass is 269 g/mol. The van der Waals surface area contributed by atoms with Crippen LogP contribution in [0.3, 0.4) is 0 Å². The Kier molecular flexibility index (Phi) is 4.18. The first-order valence-electron chi connectivity index (χ1n) is 6.22. The van der Waals surface area contributed by atoms with Crippen LogP contribution in [0.1, 0.15) is 24.4 Å². The molecule has 0 aliphatic heterocycles. The van der Waals surface area contributed by atoms with E-state index in [9.17, 15) is 9.90 Å². The predicted octanol–water partition coefficient (Wildman–Crippen LogP) is -0.724. The molecule has 0 unspecified atom stereocenters. The smallest absolute Gasteiger partial charge is 0.279 e. The van der Waals surface area contributed by atoms with Gasteiger partial charge in [0.15, 0.2) is 0 Å². The number of hydrogen-bond donors (Lipinski definition) is 3. The number of anilines is 1. The topological polar surface area (TPSA) is 111 Å². The van der Waals surface area contributed by atoms with Crippen LogP contribution in [-0.2, 0) is 11.3 Å². The van der Waals surface area contributed by atoms with E-state index in [2.05, 4.69) is 4.98 Å². The van der Waals surface area contributed by atoms with E-state index >= 15 is 0 Å². The molecule has 1 fully saturated rings. The fraction of sp³-hybridized carbons (Fsp3) is 0.667. The van der Waals surface area contributed by atoms with Crippen LogP contribution in [-0.4, -0.2) is 39.6 Å². The fourth-order valence-corrected chi connectivity index (χ4v) is 2.57. The van der Waals surface area contributed by atoms with Gasteiger partial charge in [0, 0.05) is 31.9 Å². The number of nitrogens with zero attached hydrogens (tertiary/aromatic N) is 2. The molecular weight excluding hydrogens is 250 g/mol. The van der Waals surface area contributed by atoms with Gasteiger partial charge in [0.2, 0.25) is 5.95 Å². The summed E-state index contributed by atoms with van der Waals surface area (Å²) in [6.07, 6.45) is 2.18. The summed E-state index contributed by atoms with van der Waals surface area (Å²) < 4.78 is 6.64. The number of aliphatic hydroxyl groups is 2. The quantitative estimate of drug-likeness (QED) is 0.665. The summed E-state index contributed by atoms with van der Waals surface area (Å²) in [7, 11) is 1.50. The van der Waals surface area contributed by atoms with Crippen molar-refractivity contribution < 1.29 is 14.9 Å². The fourth-order valence-electron chi connectivity index (χ4n) is 2.57. The highest BCUT2D eigenvalue weighted by atomic mass is 16.5. The van der Waals surface area contributed by atoms with Crippen LogP contribution in [0.25, 0.3) is 0 Å². The molecule has 0 radical (unpaired) electrons. The van der Waals surface area contributed by atoms with E-state index < -0.39 is 11.7 Å². The number of nitrogen functional groups attached to an aromatic ring is 1. The third kappa shape index (κ3) is 2.78. The average molecular weight is 269 g/mol. The molecule has 2 rings (SSSR count). The minimum absolute atomic E-state index is 0.0594. The lowest BCUT2D eigenvalue weighted by atomic mass is 10.1. The van der Waals surface area contributed by atoms with Crippen LogP contribution in [0.15, 0.2) is 11.0 Å². The van der Waals surface area contributed by atoms with Gasteiger partial charge in [-0.3, -0.25) is 4.79 Å². The van der Waals surface area contributed by atoms with Crippen molar-refractivity contribution in [2.75, 3.05) is 19.5 Å². The van der Waals surface area contributed by atoms with Crippen molar-refractivity contribution in [2.24, 2.45) is 5.92 Å². The van der Waals surface area contributed by atoms with Crippen LogP contribution >= 0.6 is 0 Å². The van der Waals surface area contributed by atoms with Crippen LogP contribution < -0.4 is 11.3 Å². The molecule has 7 nitrogen and oxygen atoms in total. The van der Waals surface area contributed by atoms with Crippen molar-refractivity contribution in [3.05, 3.63) is 22.1 Å². The summed E-state index contributed by atoms with van der Waals surface area (Å²) in [6.45, 7) is 0.112. The van der Waals surface area contributed by atoms with Crippen molar-refractivity contribution in [3.8, 4) is 0 Å². The molecule has 1 aliphatic carbocycles. The standard InChI is InChI=1S/C12H19N3O4/c1-19-6-8-4-15(12(13)14-11(8)18)9-2-7(5-16)10(17)3-9/h4,7,9-10,16-17H,2-3,5-6H2,1H3,(H2,13,14,18)/t7-,9-,10+/m1/s1. The van der Waals surface area contributed by atoms with E-state index in [0.717, 1.165) is 0 Å². The summed E-state index contributed by atoms with van der Waals surface area (Å²) in [5.74, 6) is -0.0321. The van der Waals surface area contributed by atoms with Crippen molar-refractivity contribution in [3.63, 3.8) is 0 Å². The predicted molar refractivity (Wildman–Crippen MR) is 68.5 cm³/mol. The van der Waals surface area contributed by atoms with Gasteiger partial charge >= 0.3 is 0 Å². The molecule has 0 saturated heterocycles. The van der Waals surface area contributed by atoms with Crippen molar-refractivity contribution in [1.82, 2.24) is 9.55 Å². The maximum Gasteiger partial charge on any atom is 0.279 e. The maximum atomic E-state index is 11.6. The van der Waals surface area contributed by atoms with Crippen LogP contribution in [0.5, 0.6) is 0 Å². The maximum absolute atomic E-state index is 11.6. The molecule has 106 valence electrons. The zero-order chi connectivity index (χ0) is 14.0. The number of aliphatic hydroxyl groups excluding tert-OH is 2. The summed E-state index contributed by atoms with van der Waals surface area (Å²) >= 11 is 0. The SMILES string of the molecule is COCc1cn([C@@H]2C[C@H](CO)[C@@H](O)C2)c(N)nc1=O. The third-order valence-electron chi connectivity index (χ3n) is 3.61. The molecule has 1 aromatic heterocycles. The van der Waals surface area contributed by atoms with Gasteiger partial charge in [-0.15, -0.1) is 0 Å². The van der Waals surface area contributed by atoms with E-state index in [-0.39, 0.29) is 31.1 Å². The first kappa shape index (κ1) is 14.0. The second kappa shape index (κ2) is 5.68. The van der Waals surface area contributed by atoms with Crippen LogP contribution in [0.4, 0.5) is 5.95 Å². The summed E-state index contributed by atoms with van der Waals surface area (Å²) in [6, 6.07) is -0.0594. The lowest BCUT2D eigenvalue weighted by molar-refractivity contribution is 0.0906. The number of methoxy groups -OCH3 is 1. The molecule has 1 heterocycles. The minimum Gasteiger partial charge on any atom is -0.396 e. The zero-order valence-corrected chi connectivity index (χ0v) is 10.8. The van der Waals surface area contributed by atoms with Crippen molar-refractivity contribution in [2.45, 2.75) is 31.6 Å². The highest BCUT2D eigenvalue weighted by Gasteiger charge is 2.34. The van der Waals surface area contributed by atoms with Gasteiger partial charge in [-0.25, -0.2) is 0 Å². The van der Waals surface area contributed by atoms with Gasteiger partial charge in [0.25, 0.3) is 5.56 Å². The Balaban J connectivity index is 2.30. The molecule has 19 heavy (non-hydrogen) atoms. The lowest BCUT2D eigenvalue weighted by Gasteiger charge is -2.17. The largest absolute Gasteiger partial charge is 0.396 e. The third-order valence-corrected chi connectivity index (χ3v) is 3.61. The Morgan fingerprint density at radius 1 is 1.58 bits per heavy atom. The van der Waals surface area contributed by atoms with Crippen LogP contribution in [0, 0.1) is 5.92 Å². The van der Waals surface area contributed by atoms with Gasteiger partial charge < -0.3 is 25.3 Å². The van der Waals surface area contributed by atoms with Gasteiger partial charge in [-0.1, -0.05) is 0 Å². The van der Waals surface area contributed by atoms with E-state index in [4.69, 9.17) is 15.6 Å². The van der Waals surface area contributed by atoms with Gasteiger partial charge in [-0.2, -0.15) is 4.98 Å². The second-order valence-electron chi connectivity index (χ2n) is 4.91. The molecule has 3 atom stereocenters. The van der Waals surface area contributed by atoms with E-state index in [1.54, 1.807) is 10.8 Å². The number of aromatic nitrogens is 2. The minimum atomic E-state index is -0.556. The van der Waals surface area contributed by atoms with Gasteiger partial charge in [-0.05, 0) is 12.8 Å². The summed E-state index contributed by atoms with van der Waals surface area (Å²) in [4.78, 5) is 15.4. The molecule has 1 aliphatic rings. The number of rotatable bonds is 4. The summed E-state index contributed by atoms with van der Waals surface area (Å²) in [5, 5.41) is 19.0. The molecule has 0 amide bonds. The number of nitrogens with two attached hydrogens (primary N) is 1. The Labute approximate surface area is 110 Å². The second-order valence-corrected chi connectivity index (χ2v) is 4.91. The Morgan fingerprint density at radius 2 is 2.32 bits per heavy atom. The molecule has 0 spiro atoms. The number of hydrogen-bond acceptors (Lipinski definition) is 6. The number of ether oxygens (including phenoxy) is 1. The summed E-state index contributed by atoms with van der Waals surface area (Å²) in [5.41, 5.74) is 5.80. The van der Waals surface area contributed by atoms with Crippen molar-refractivity contribution in [1.29, 1.82) is 0 Å². The van der Waals surface area contributed by atoms with Crippen LogP contribution in [0.2, 0.25) is 0 Å². The van der Waals surface area contributed by atoms with E-state index in [0.29, 0.717) is 18.4 Å². The zero-order valence-electron chi connectivity index (χ0n) is 10.8. The lowest BCUT2D eigenvalue weighted by Crippen LogP contribution is -2.23. The highest BCUT2D eigenvalue weighted by Crippen LogP contribution is 2.35. The molecule has 0 aromatic carbocycles. The molecule has 1 saturated carbocycles. The molecular formula is C12H19N3O4. The molecule has 1 aromatic rings. The first-order chi connectivity index (χ1) is 9.06. The molecule has 0 bridgehead atoms. The molecule has 4 N–H and O–H groups in total. The Hall–Kier alpha value is -1.44. The van der Waals surface area contributed by atoms with Gasteiger partial charge in [0.1, 0.15) is 0 Å². The Morgan fingerprint density at radius 3 is 2.89 bits per heavy atom. The van der Waals surface area contributed by atoms with Crippen molar-refractivity contribution >= 4 is 5.95 Å². The Bertz CT molecular complexity index is 502. The van der Waals surface area contributed by atoms with E-state index in [1.165, 1.54) is 7.11 Å². The first-order valence-corrected chi connectivity index (χ1v) is 6.22. The normalized spacial score (nSPS) is 26.8. The van der Waals surface area contributed by atoms with E-state index in [1.807, 2.05) is 0 Å². The molecule has 7 heteroatoms. The van der Waals surface area contributed by atoms with Gasteiger partial charge in [0.05, 0.1) is 18.3 Å². The highest BCUT2D eigenvalue weighted by molar-refractivity contribution is 5.22.